The number of aryl methyl sites for hydroxylation is 2. The van der Waals surface area contributed by atoms with Crippen LogP contribution in [0.15, 0.2) is 18.2 Å². The Bertz CT molecular complexity index is 708. The van der Waals surface area contributed by atoms with Gasteiger partial charge in [0.15, 0.2) is 5.13 Å². The minimum Gasteiger partial charge on any atom is -0.399 e. The largest absolute Gasteiger partial charge is 0.399 e. The van der Waals surface area contributed by atoms with Crippen molar-refractivity contribution in [2.45, 2.75) is 39.5 Å². The van der Waals surface area contributed by atoms with Crippen molar-refractivity contribution in [3.63, 3.8) is 0 Å². The van der Waals surface area contributed by atoms with Crippen LogP contribution in [0.2, 0.25) is 0 Å². The number of aromatic nitrogens is 1. The predicted octanol–water partition coefficient (Wildman–Crippen LogP) is 3.80. The molecule has 5 heteroatoms. The average molecular weight is 315 g/mol. The van der Waals surface area contributed by atoms with E-state index in [1.165, 1.54) is 17.7 Å². The number of hydrogen-bond donors (Lipinski definition) is 2. The molecule has 1 atom stereocenters. The number of carbonyl (C=O) groups excluding carboxylic acids is 1. The van der Waals surface area contributed by atoms with Gasteiger partial charge in [-0.25, -0.2) is 4.98 Å². The molecule has 3 N–H and O–H groups in total. The van der Waals surface area contributed by atoms with Crippen LogP contribution in [0.3, 0.4) is 0 Å². The normalized spacial score (nSPS) is 17.1. The Morgan fingerprint density at radius 1 is 1.50 bits per heavy atom. The summed E-state index contributed by atoms with van der Waals surface area (Å²) in [6.07, 6.45) is 4.53. The second-order valence-electron chi connectivity index (χ2n) is 5.93. The molecule has 1 aromatic carbocycles. The zero-order valence-electron chi connectivity index (χ0n) is 13.0. The van der Waals surface area contributed by atoms with Crippen LogP contribution in [-0.2, 0) is 12.8 Å². The molecule has 0 saturated heterocycles. The third-order valence-electron chi connectivity index (χ3n) is 4.35. The van der Waals surface area contributed by atoms with Crippen molar-refractivity contribution in [1.82, 2.24) is 4.98 Å². The molecule has 0 aliphatic heterocycles. The van der Waals surface area contributed by atoms with E-state index in [-0.39, 0.29) is 5.91 Å². The van der Waals surface area contributed by atoms with Crippen molar-refractivity contribution in [3.8, 4) is 0 Å². The van der Waals surface area contributed by atoms with Crippen molar-refractivity contribution in [2.75, 3.05) is 11.1 Å². The van der Waals surface area contributed by atoms with Gasteiger partial charge in [0.25, 0.3) is 5.91 Å². The van der Waals surface area contributed by atoms with Gasteiger partial charge in [-0.15, -0.1) is 11.3 Å². The number of thiazole rings is 1. The lowest BCUT2D eigenvalue weighted by Gasteiger charge is -2.18. The summed E-state index contributed by atoms with van der Waals surface area (Å²) in [6.45, 7) is 4.15. The highest BCUT2D eigenvalue weighted by Crippen LogP contribution is 2.33. The Labute approximate surface area is 134 Å². The van der Waals surface area contributed by atoms with E-state index in [9.17, 15) is 4.79 Å². The lowest BCUT2D eigenvalue weighted by atomic mass is 9.89. The Morgan fingerprint density at radius 2 is 2.32 bits per heavy atom. The molecule has 1 amide bonds. The van der Waals surface area contributed by atoms with E-state index in [1.54, 1.807) is 23.5 Å². The molecule has 1 heterocycles. The van der Waals surface area contributed by atoms with E-state index in [0.717, 1.165) is 30.0 Å². The smallest absolute Gasteiger partial charge is 0.257 e. The summed E-state index contributed by atoms with van der Waals surface area (Å²) >= 11 is 1.61. The maximum atomic E-state index is 12.4. The lowest BCUT2D eigenvalue weighted by molar-refractivity contribution is 0.102. The monoisotopic (exact) mass is 315 g/mol. The lowest BCUT2D eigenvalue weighted by Crippen LogP contribution is -2.14. The fourth-order valence-electron chi connectivity index (χ4n) is 2.89. The molecule has 1 aromatic heterocycles. The number of amides is 1. The van der Waals surface area contributed by atoms with Gasteiger partial charge >= 0.3 is 0 Å². The van der Waals surface area contributed by atoms with Crippen molar-refractivity contribution >= 4 is 28.1 Å². The van der Waals surface area contributed by atoms with Gasteiger partial charge in [0.05, 0.1) is 5.69 Å². The standard InChI is InChI=1S/C17H21N3OS/c1-3-11-5-7-14-15(8-11)22-17(19-14)20-16(21)13-9-12(18)6-4-10(13)2/h4,6,9,11H,3,5,7-8,18H2,1-2H3,(H,19,20,21). The first-order valence-corrected chi connectivity index (χ1v) is 8.54. The molecule has 0 fully saturated rings. The number of nitrogens with zero attached hydrogens (tertiary/aromatic N) is 1. The van der Waals surface area contributed by atoms with Crippen LogP contribution >= 0.6 is 11.3 Å². The maximum Gasteiger partial charge on any atom is 0.257 e. The van der Waals surface area contributed by atoms with Gasteiger partial charge in [-0.3, -0.25) is 10.1 Å². The minimum absolute atomic E-state index is 0.136. The Morgan fingerprint density at radius 3 is 3.09 bits per heavy atom. The molecule has 0 radical (unpaired) electrons. The van der Waals surface area contributed by atoms with Crippen LogP contribution in [0.25, 0.3) is 0 Å². The van der Waals surface area contributed by atoms with Crippen molar-refractivity contribution in [2.24, 2.45) is 5.92 Å². The molecule has 1 unspecified atom stereocenters. The van der Waals surface area contributed by atoms with Gasteiger partial charge in [-0.05, 0) is 49.8 Å². The summed E-state index contributed by atoms with van der Waals surface area (Å²) in [5.74, 6) is 0.621. The Kier molecular flexibility index (Phi) is 4.16. The number of rotatable bonds is 3. The molecule has 0 saturated carbocycles. The third kappa shape index (κ3) is 2.99. The third-order valence-corrected chi connectivity index (χ3v) is 5.38. The zero-order chi connectivity index (χ0) is 15.7. The van der Waals surface area contributed by atoms with Gasteiger partial charge in [0, 0.05) is 16.1 Å². The fraction of sp³-hybridized carbons (Fsp3) is 0.412. The number of anilines is 2. The first kappa shape index (κ1) is 15.0. The van der Waals surface area contributed by atoms with Gasteiger partial charge in [-0.2, -0.15) is 0 Å². The van der Waals surface area contributed by atoms with E-state index in [0.29, 0.717) is 16.4 Å². The topological polar surface area (TPSA) is 68.0 Å². The Hall–Kier alpha value is -1.88. The second-order valence-corrected chi connectivity index (χ2v) is 7.02. The summed E-state index contributed by atoms with van der Waals surface area (Å²) in [4.78, 5) is 18.3. The number of nitrogens with one attached hydrogen (secondary N) is 1. The van der Waals surface area contributed by atoms with Crippen LogP contribution in [0.5, 0.6) is 0 Å². The molecule has 22 heavy (non-hydrogen) atoms. The number of hydrogen-bond acceptors (Lipinski definition) is 4. The minimum atomic E-state index is -0.136. The SMILES string of the molecule is CCC1CCc2nc(NC(=O)c3cc(N)ccc3C)sc2C1. The molecular weight excluding hydrogens is 294 g/mol. The molecule has 4 nitrogen and oxygen atoms in total. The molecule has 0 bridgehead atoms. The number of nitrogens with two attached hydrogens (primary N) is 1. The van der Waals surface area contributed by atoms with Crippen molar-refractivity contribution < 1.29 is 4.79 Å². The molecule has 116 valence electrons. The zero-order valence-corrected chi connectivity index (χ0v) is 13.8. The summed E-state index contributed by atoms with van der Waals surface area (Å²) in [6, 6.07) is 5.38. The van der Waals surface area contributed by atoms with Gasteiger partial charge in [0.1, 0.15) is 0 Å². The van der Waals surface area contributed by atoms with E-state index in [4.69, 9.17) is 5.73 Å². The van der Waals surface area contributed by atoms with Gasteiger partial charge < -0.3 is 5.73 Å². The van der Waals surface area contributed by atoms with Crippen LogP contribution in [0.4, 0.5) is 10.8 Å². The number of fused-ring (bicyclic) bond motifs is 1. The summed E-state index contributed by atoms with van der Waals surface area (Å²) in [7, 11) is 0. The van der Waals surface area contributed by atoms with E-state index in [1.807, 2.05) is 13.0 Å². The van der Waals surface area contributed by atoms with Crippen molar-refractivity contribution in [3.05, 3.63) is 39.9 Å². The fourth-order valence-corrected chi connectivity index (χ4v) is 4.01. The maximum absolute atomic E-state index is 12.4. The quantitative estimate of drug-likeness (QED) is 0.847. The highest BCUT2D eigenvalue weighted by atomic mass is 32.1. The van der Waals surface area contributed by atoms with E-state index in [2.05, 4.69) is 17.2 Å². The van der Waals surface area contributed by atoms with Crippen LogP contribution in [-0.4, -0.2) is 10.9 Å². The first-order valence-electron chi connectivity index (χ1n) is 7.73. The van der Waals surface area contributed by atoms with E-state index >= 15 is 0 Å². The highest BCUT2D eigenvalue weighted by Gasteiger charge is 2.22. The highest BCUT2D eigenvalue weighted by molar-refractivity contribution is 7.15. The molecule has 3 rings (SSSR count). The van der Waals surface area contributed by atoms with Gasteiger partial charge in [-0.1, -0.05) is 19.4 Å². The molecule has 2 aromatic rings. The summed E-state index contributed by atoms with van der Waals surface area (Å²) in [5.41, 5.74) is 9.06. The van der Waals surface area contributed by atoms with Crippen LogP contribution in [0, 0.1) is 12.8 Å². The molecule has 1 aliphatic rings. The molecule has 1 aliphatic carbocycles. The average Bonchev–Trinajstić information content (AvgIpc) is 2.90. The summed E-state index contributed by atoms with van der Waals surface area (Å²) in [5, 5.41) is 3.63. The van der Waals surface area contributed by atoms with Gasteiger partial charge in [0.2, 0.25) is 0 Å². The second kappa shape index (κ2) is 6.08. The summed E-state index contributed by atoms with van der Waals surface area (Å²) < 4.78 is 0. The van der Waals surface area contributed by atoms with Crippen molar-refractivity contribution in [1.29, 1.82) is 0 Å². The van der Waals surface area contributed by atoms with Crippen LogP contribution < -0.4 is 11.1 Å². The predicted molar refractivity (Wildman–Crippen MR) is 91.5 cm³/mol. The van der Waals surface area contributed by atoms with Crippen LogP contribution in [0.1, 0.15) is 46.3 Å². The number of nitrogen functional groups attached to an aromatic ring is 1. The first-order chi connectivity index (χ1) is 10.6. The molecular formula is C17H21N3OS. The number of benzene rings is 1. The Balaban J connectivity index is 1.78. The van der Waals surface area contributed by atoms with E-state index < -0.39 is 0 Å². The number of carbonyl (C=O) groups is 1. The molecule has 0 spiro atoms.